The number of ether oxygens (including phenoxy) is 2. The number of fused-ring (bicyclic) bond motifs is 1. The first-order valence-corrected chi connectivity index (χ1v) is 12.2. The molecule has 3 aromatic rings. The maximum atomic E-state index is 12.6. The molecule has 2 fully saturated rings. The number of aromatic nitrogens is 3. The lowest BCUT2D eigenvalue weighted by atomic mass is 10.1. The molecule has 9 heteroatoms. The smallest absolute Gasteiger partial charge is 0.251 e. The van der Waals surface area contributed by atoms with Crippen molar-refractivity contribution < 1.29 is 14.3 Å². The van der Waals surface area contributed by atoms with Crippen LogP contribution in [0.15, 0.2) is 36.8 Å². The molecule has 2 aromatic heterocycles. The van der Waals surface area contributed by atoms with Crippen molar-refractivity contribution in [2.75, 3.05) is 44.0 Å². The van der Waals surface area contributed by atoms with Crippen LogP contribution in [0, 0.1) is 6.92 Å². The van der Waals surface area contributed by atoms with Crippen LogP contribution >= 0.6 is 0 Å². The van der Waals surface area contributed by atoms with Gasteiger partial charge in [-0.25, -0.2) is 15.0 Å². The number of nitrogens with zero attached hydrogens (tertiary/aromatic N) is 5. The Bertz CT molecular complexity index is 1200. The minimum Gasteiger partial charge on any atom is -0.490 e. The second kappa shape index (κ2) is 10.0. The van der Waals surface area contributed by atoms with Crippen LogP contribution in [-0.4, -0.2) is 71.8 Å². The normalized spacial score (nSPS) is 18.6. The van der Waals surface area contributed by atoms with Gasteiger partial charge in [-0.15, -0.1) is 0 Å². The summed E-state index contributed by atoms with van der Waals surface area (Å²) in [5.41, 5.74) is 2.76. The van der Waals surface area contributed by atoms with E-state index in [0.717, 1.165) is 65.2 Å². The Morgan fingerprint density at radius 3 is 2.69 bits per heavy atom. The molecule has 2 saturated heterocycles. The molecule has 0 saturated carbocycles. The summed E-state index contributed by atoms with van der Waals surface area (Å²) in [4.78, 5) is 29.7. The topological polar surface area (TPSA) is 92.7 Å². The standard InChI is InChI=1S/C26H32N6O3/c1-17-13-18(30-25-20-14-24(31(2)3)27-15-21(20)28-16-29-25)6-7-22(17)35-19-8-10-32(11-9-19)26(33)23-5-4-12-34-23/h6-7,13-16,19,23H,4-5,8-12H2,1-3H3,(H,28,29,30). The number of carbonyl (C=O) groups is 1. The molecule has 9 nitrogen and oxygen atoms in total. The van der Waals surface area contributed by atoms with Gasteiger partial charge in [-0.1, -0.05) is 0 Å². The van der Waals surface area contributed by atoms with Gasteiger partial charge in [0.2, 0.25) is 0 Å². The van der Waals surface area contributed by atoms with Crippen LogP contribution in [0.25, 0.3) is 10.9 Å². The summed E-state index contributed by atoms with van der Waals surface area (Å²) in [6.45, 7) is 4.17. The molecule has 184 valence electrons. The van der Waals surface area contributed by atoms with E-state index in [4.69, 9.17) is 9.47 Å². The minimum absolute atomic E-state index is 0.101. The number of anilines is 3. The van der Waals surface area contributed by atoms with Gasteiger partial charge in [0.25, 0.3) is 5.91 Å². The average molecular weight is 477 g/mol. The van der Waals surface area contributed by atoms with Gasteiger partial charge in [-0.2, -0.15) is 0 Å². The molecular weight excluding hydrogens is 444 g/mol. The summed E-state index contributed by atoms with van der Waals surface area (Å²) in [6.07, 6.45) is 6.63. The molecule has 0 spiro atoms. The number of rotatable bonds is 6. The van der Waals surface area contributed by atoms with E-state index in [0.29, 0.717) is 19.7 Å². The SMILES string of the molecule is Cc1cc(Nc2ncnc3cnc(N(C)C)cc23)ccc1OC1CCN(C(=O)C2CCCO2)CC1. The average Bonchev–Trinajstić information content (AvgIpc) is 3.41. The van der Waals surface area contributed by atoms with Crippen molar-refractivity contribution in [1.29, 1.82) is 0 Å². The third kappa shape index (κ3) is 5.14. The number of hydrogen-bond donors (Lipinski definition) is 1. The number of nitrogens with one attached hydrogen (secondary N) is 1. The first kappa shape index (κ1) is 23.3. The second-order valence-corrected chi connectivity index (χ2v) is 9.43. The molecular formula is C26H32N6O3. The zero-order valence-corrected chi connectivity index (χ0v) is 20.5. The number of carbonyl (C=O) groups excluding carboxylic acids is 1. The molecule has 0 aliphatic carbocycles. The monoisotopic (exact) mass is 476 g/mol. The van der Waals surface area contributed by atoms with Crippen molar-refractivity contribution in [2.24, 2.45) is 0 Å². The van der Waals surface area contributed by atoms with E-state index in [1.54, 1.807) is 12.5 Å². The van der Waals surface area contributed by atoms with E-state index in [9.17, 15) is 4.79 Å². The Morgan fingerprint density at radius 2 is 1.97 bits per heavy atom. The van der Waals surface area contributed by atoms with Gasteiger partial charge in [0.05, 0.1) is 11.7 Å². The molecule has 1 atom stereocenters. The molecule has 2 aliphatic heterocycles. The summed E-state index contributed by atoms with van der Waals surface area (Å²) in [7, 11) is 3.91. The fourth-order valence-corrected chi connectivity index (χ4v) is 4.64. The molecule has 2 aliphatic rings. The van der Waals surface area contributed by atoms with E-state index < -0.39 is 0 Å². The number of likely N-dealkylation sites (tertiary alicyclic amines) is 1. The number of piperidine rings is 1. The number of pyridine rings is 1. The molecule has 1 N–H and O–H groups in total. The largest absolute Gasteiger partial charge is 0.490 e. The Labute approximate surface area is 205 Å². The Morgan fingerprint density at radius 1 is 1.14 bits per heavy atom. The van der Waals surface area contributed by atoms with Gasteiger partial charge in [0.15, 0.2) is 0 Å². The molecule has 1 aromatic carbocycles. The predicted molar refractivity (Wildman–Crippen MR) is 135 cm³/mol. The summed E-state index contributed by atoms with van der Waals surface area (Å²) in [5.74, 6) is 2.58. The fraction of sp³-hybridized carbons (Fsp3) is 0.462. The van der Waals surface area contributed by atoms with Crippen molar-refractivity contribution in [1.82, 2.24) is 19.9 Å². The molecule has 0 bridgehead atoms. The number of benzene rings is 1. The fourth-order valence-electron chi connectivity index (χ4n) is 4.64. The van der Waals surface area contributed by atoms with E-state index in [2.05, 4.69) is 26.3 Å². The highest BCUT2D eigenvalue weighted by Gasteiger charge is 2.31. The van der Waals surface area contributed by atoms with E-state index in [-0.39, 0.29) is 18.1 Å². The lowest BCUT2D eigenvalue weighted by molar-refractivity contribution is -0.142. The van der Waals surface area contributed by atoms with Gasteiger partial charge in [0.1, 0.15) is 35.9 Å². The Kier molecular flexibility index (Phi) is 6.68. The Hall–Kier alpha value is -3.46. The van der Waals surface area contributed by atoms with Crippen LogP contribution in [0.1, 0.15) is 31.2 Å². The van der Waals surface area contributed by atoms with Gasteiger partial charge in [-0.05, 0) is 49.6 Å². The van der Waals surface area contributed by atoms with E-state index >= 15 is 0 Å². The highest BCUT2D eigenvalue weighted by Crippen LogP contribution is 2.29. The minimum atomic E-state index is -0.243. The van der Waals surface area contributed by atoms with Crippen LogP contribution in [0.2, 0.25) is 0 Å². The van der Waals surface area contributed by atoms with Crippen molar-refractivity contribution in [3.8, 4) is 5.75 Å². The van der Waals surface area contributed by atoms with Crippen molar-refractivity contribution in [2.45, 2.75) is 44.8 Å². The zero-order valence-electron chi connectivity index (χ0n) is 20.5. The molecule has 1 amide bonds. The third-order valence-electron chi connectivity index (χ3n) is 6.66. The first-order valence-electron chi connectivity index (χ1n) is 12.2. The van der Waals surface area contributed by atoms with Crippen LogP contribution in [0.4, 0.5) is 17.3 Å². The number of hydrogen-bond acceptors (Lipinski definition) is 8. The maximum Gasteiger partial charge on any atom is 0.251 e. The number of aryl methyl sites for hydroxylation is 1. The van der Waals surface area contributed by atoms with Crippen LogP contribution < -0.4 is 15.0 Å². The Balaban J connectivity index is 1.23. The van der Waals surface area contributed by atoms with Gasteiger partial charge < -0.3 is 24.6 Å². The summed E-state index contributed by atoms with van der Waals surface area (Å²) < 4.78 is 11.9. The van der Waals surface area contributed by atoms with Crippen LogP contribution in [0.3, 0.4) is 0 Å². The quantitative estimate of drug-likeness (QED) is 0.576. The van der Waals surface area contributed by atoms with Crippen molar-refractivity contribution >= 4 is 34.1 Å². The van der Waals surface area contributed by atoms with Gasteiger partial charge in [-0.3, -0.25) is 4.79 Å². The molecule has 4 heterocycles. The molecule has 5 rings (SSSR count). The highest BCUT2D eigenvalue weighted by atomic mass is 16.5. The van der Waals surface area contributed by atoms with Crippen molar-refractivity contribution in [3.63, 3.8) is 0 Å². The first-order chi connectivity index (χ1) is 17.0. The number of amides is 1. The summed E-state index contributed by atoms with van der Waals surface area (Å²) in [5, 5.41) is 4.33. The maximum absolute atomic E-state index is 12.6. The molecule has 0 radical (unpaired) electrons. The van der Waals surface area contributed by atoms with Gasteiger partial charge >= 0.3 is 0 Å². The summed E-state index contributed by atoms with van der Waals surface area (Å²) in [6, 6.07) is 8.05. The second-order valence-electron chi connectivity index (χ2n) is 9.43. The lowest BCUT2D eigenvalue weighted by Gasteiger charge is -2.33. The highest BCUT2D eigenvalue weighted by molar-refractivity contribution is 5.91. The molecule has 35 heavy (non-hydrogen) atoms. The summed E-state index contributed by atoms with van der Waals surface area (Å²) >= 11 is 0. The lowest BCUT2D eigenvalue weighted by Crippen LogP contribution is -2.45. The molecule has 1 unspecified atom stereocenters. The zero-order chi connectivity index (χ0) is 24.4. The third-order valence-corrected chi connectivity index (χ3v) is 6.66. The van der Waals surface area contributed by atoms with E-state index in [1.807, 2.05) is 49.0 Å². The van der Waals surface area contributed by atoms with Crippen LogP contribution in [0.5, 0.6) is 5.75 Å². The van der Waals surface area contributed by atoms with Crippen molar-refractivity contribution in [3.05, 3.63) is 42.4 Å². The van der Waals surface area contributed by atoms with Gasteiger partial charge in [0, 0.05) is 57.7 Å². The predicted octanol–water partition coefficient (Wildman–Crippen LogP) is 3.69. The van der Waals surface area contributed by atoms with E-state index in [1.165, 1.54) is 0 Å². The van der Waals surface area contributed by atoms with Crippen LogP contribution in [-0.2, 0) is 9.53 Å².